The van der Waals surface area contributed by atoms with Crippen LogP contribution in [0.4, 0.5) is 0 Å². The summed E-state index contributed by atoms with van der Waals surface area (Å²) in [6.07, 6.45) is 4.24. The number of aromatic nitrogens is 3. The number of fused-ring (bicyclic) bond motifs is 2. The zero-order valence-electron chi connectivity index (χ0n) is 14.3. The Morgan fingerprint density at radius 1 is 1.36 bits per heavy atom. The van der Waals surface area contributed by atoms with Crippen LogP contribution in [-0.2, 0) is 17.8 Å². The minimum atomic E-state index is -0.259. The molecule has 0 aliphatic carbocycles. The second kappa shape index (κ2) is 6.84. The molecule has 0 bridgehead atoms. The fourth-order valence-electron chi connectivity index (χ4n) is 3.59. The van der Waals surface area contributed by atoms with E-state index in [1.54, 1.807) is 6.33 Å². The average Bonchev–Trinajstić information content (AvgIpc) is 3.10. The number of hydrogen-bond donors (Lipinski definition) is 2. The number of nitrogens with zero attached hydrogens (tertiary/aromatic N) is 3. The van der Waals surface area contributed by atoms with Gasteiger partial charge in [0.2, 0.25) is 5.91 Å². The summed E-state index contributed by atoms with van der Waals surface area (Å²) in [5.74, 6) is 1.91. The lowest BCUT2D eigenvalue weighted by atomic mass is 10.00. The maximum Gasteiger partial charge on any atom is 0.237 e. The van der Waals surface area contributed by atoms with Gasteiger partial charge in [-0.25, -0.2) is 9.67 Å². The molecule has 7 nitrogen and oxygen atoms in total. The predicted octanol–water partition coefficient (Wildman–Crippen LogP) is 1.21. The van der Waals surface area contributed by atoms with E-state index in [1.807, 2.05) is 35.9 Å². The average molecular weight is 341 g/mol. The molecular weight excluding hydrogens is 318 g/mol. The van der Waals surface area contributed by atoms with Crippen LogP contribution in [0, 0.1) is 0 Å². The molecule has 2 aromatic rings. The molecule has 0 radical (unpaired) electrons. The molecule has 25 heavy (non-hydrogen) atoms. The Labute approximate surface area is 146 Å². The van der Waals surface area contributed by atoms with Crippen molar-refractivity contribution in [2.75, 3.05) is 6.61 Å². The summed E-state index contributed by atoms with van der Waals surface area (Å²) in [4.78, 5) is 16.9. The summed E-state index contributed by atoms with van der Waals surface area (Å²) in [5.41, 5.74) is 1.05. The fourth-order valence-corrected chi connectivity index (χ4v) is 3.59. The number of aryl methyl sites for hydroxylation is 1. The van der Waals surface area contributed by atoms with Crippen LogP contribution in [0.25, 0.3) is 0 Å². The third-order valence-electron chi connectivity index (χ3n) is 4.96. The van der Waals surface area contributed by atoms with Crippen LogP contribution >= 0.6 is 0 Å². The van der Waals surface area contributed by atoms with Crippen molar-refractivity contribution in [1.29, 1.82) is 0 Å². The smallest absolute Gasteiger partial charge is 0.237 e. The highest BCUT2D eigenvalue weighted by Crippen LogP contribution is 2.31. The monoisotopic (exact) mass is 341 g/mol. The number of ether oxygens (including phenoxy) is 1. The predicted molar refractivity (Wildman–Crippen MR) is 92.2 cm³/mol. The quantitative estimate of drug-likeness (QED) is 0.874. The van der Waals surface area contributed by atoms with Crippen molar-refractivity contribution in [2.45, 2.75) is 50.9 Å². The van der Waals surface area contributed by atoms with Crippen LogP contribution in [0.15, 0.2) is 30.6 Å². The van der Waals surface area contributed by atoms with Gasteiger partial charge in [-0.1, -0.05) is 18.2 Å². The lowest BCUT2D eigenvalue weighted by Crippen LogP contribution is -2.50. The summed E-state index contributed by atoms with van der Waals surface area (Å²) in [6.45, 7) is 3.30. The van der Waals surface area contributed by atoms with Crippen molar-refractivity contribution in [1.82, 2.24) is 25.4 Å². The van der Waals surface area contributed by atoms with Crippen molar-refractivity contribution in [2.24, 2.45) is 0 Å². The van der Waals surface area contributed by atoms with E-state index < -0.39 is 0 Å². The molecule has 0 saturated carbocycles. The van der Waals surface area contributed by atoms with E-state index in [1.165, 1.54) is 0 Å². The lowest BCUT2D eigenvalue weighted by molar-refractivity contribution is -0.124. The first-order valence-corrected chi connectivity index (χ1v) is 8.85. The molecule has 0 unspecified atom stereocenters. The second-order valence-electron chi connectivity index (χ2n) is 6.72. The number of amides is 1. The first-order valence-electron chi connectivity index (χ1n) is 8.85. The number of carbonyl (C=O) groups is 1. The van der Waals surface area contributed by atoms with Gasteiger partial charge in [0.25, 0.3) is 0 Å². The van der Waals surface area contributed by atoms with E-state index in [0.717, 1.165) is 42.9 Å². The standard InChI is InChI=1S/C18H23N5O2/c1-12(21-13-6-7-17-19-11-20-23(17)10-13)18(24)22-15-8-9-25-16-5-3-2-4-14(15)16/h2-5,11-13,15,21H,6-10H2,1H3,(H,22,24)/t12-,13+,15+/m0/s1. The highest BCUT2D eigenvalue weighted by Gasteiger charge is 2.27. The van der Waals surface area contributed by atoms with E-state index in [-0.39, 0.29) is 24.0 Å². The molecule has 1 aromatic carbocycles. The number of benzene rings is 1. The normalized spacial score (nSPS) is 23.1. The number of rotatable bonds is 4. The van der Waals surface area contributed by atoms with Crippen molar-refractivity contribution in [3.63, 3.8) is 0 Å². The summed E-state index contributed by atoms with van der Waals surface area (Å²) >= 11 is 0. The molecule has 4 rings (SSSR count). The molecule has 1 amide bonds. The van der Waals surface area contributed by atoms with E-state index in [4.69, 9.17) is 4.74 Å². The van der Waals surface area contributed by atoms with Crippen LogP contribution in [-0.4, -0.2) is 39.4 Å². The Hall–Kier alpha value is -2.41. The molecule has 0 spiro atoms. The molecule has 3 heterocycles. The molecule has 2 aliphatic heterocycles. The minimum Gasteiger partial charge on any atom is -0.493 e. The van der Waals surface area contributed by atoms with Gasteiger partial charge in [0.1, 0.15) is 17.9 Å². The van der Waals surface area contributed by atoms with E-state index in [0.29, 0.717) is 6.61 Å². The Morgan fingerprint density at radius 3 is 3.16 bits per heavy atom. The number of hydrogen-bond acceptors (Lipinski definition) is 5. The molecule has 2 N–H and O–H groups in total. The van der Waals surface area contributed by atoms with Gasteiger partial charge in [0, 0.05) is 24.4 Å². The third kappa shape index (κ3) is 3.37. The Kier molecular flexibility index (Phi) is 4.40. The first-order chi connectivity index (χ1) is 12.2. The molecule has 0 fully saturated rings. The number of carbonyl (C=O) groups excluding carboxylic acids is 1. The van der Waals surface area contributed by atoms with Crippen molar-refractivity contribution >= 4 is 5.91 Å². The van der Waals surface area contributed by atoms with Crippen molar-refractivity contribution in [3.8, 4) is 5.75 Å². The number of para-hydroxylation sites is 1. The van der Waals surface area contributed by atoms with Crippen molar-refractivity contribution < 1.29 is 9.53 Å². The van der Waals surface area contributed by atoms with Crippen molar-refractivity contribution in [3.05, 3.63) is 42.0 Å². The topological polar surface area (TPSA) is 81.1 Å². The van der Waals surface area contributed by atoms with Crippen LogP contribution in [0.5, 0.6) is 5.75 Å². The van der Waals surface area contributed by atoms with Gasteiger partial charge in [0.05, 0.1) is 25.2 Å². The second-order valence-corrected chi connectivity index (χ2v) is 6.72. The molecule has 0 saturated heterocycles. The highest BCUT2D eigenvalue weighted by atomic mass is 16.5. The van der Waals surface area contributed by atoms with Gasteiger partial charge in [-0.2, -0.15) is 5.10 Å². The molecule has 1 aromatic heterocycles. The molecule has 2 aliphatic rings. The molecule has 132 valence electrons. The fraction of sp³-hybridized carbons (Fsp3) is 0.500. The maximum atomic E-state index is 12.6. The van der Waals surface area contributed by atoms with Gasteiger partial charge >= 0.3 is 0 Å². The van der Waals surface area contributed by atoms with Gasteiger partial charge in [-0.3, -0.25) is 4.79 Å². The Morgan fingerprint density at radius 2 is 2.24 bits per heavy atom. The minimum absolute atomic E-state index is 0.00924. The Balaban J connectivity index is 1.36. The largest absolute Gasteiger partial charge is 0.493 e. The van der Waals surface area contributed by atoms with E-state index in [2.05, 4.69) is 20.7 Å². The van der Waals surface area contributed by atoms with Crippen LogP contribution < -0.4 is 15.4 Å². The van der Waals surface area contributed by atoms with Crippen LogP contribution in [0.3, 0.4) is 0 Å². The zero-order valence-corrected chi connectivity index (χ0v) is 14.3. The van der Waals surface area contributed by atoms with E-state index in [9.17, 15) is 4.79 Å². The Bertz CT molecular complexity index is 759. The lowest BCUT2D eigenvalue weighted by Gasteiger charge is -2.30. The zero-order chi connectivity index (χ0) is 17.2. The van der Waals surface area contributed by atoms with Crippen LogP contribution in [0.1, 0.15) is 37.2 Å². The number of nitrogens with one attached hydrogen (secondary N) is 2. The summed E-state index contributed by atoms with van der Waals surface area (Å²) in [5, 5.41) is 10.8. The SMILES string of the molecule is C[C@H](N[C@@H]1CCc2ncnn2C1)C(=O)N[C@@H]1CCOc2ccccc21. The van der Waals surface area contributed by atoms with Crippen LogP contribution in [0.2, 0.25) is 0 Å². The molecule has 3 atom stereocenters. The van der Waals surface area contributed by atoms with Gasteiger partial charge in [-0.15, -0.1) is 0 Å². The van der Waals surface area contributed by atoms with Gasteiger partial charge in [0.15, 0.2) is 0 Å². The highest BCUT2D eigenvalue weighted by molar-refractivity contribution is 5.81. The maximum absolute atomic E-state index is 12.6. The van der Waals surface area contributed by atoms with E-state index >= 15 is 0 Å². The molecular formula is C18H23N5O2. The molecule has 7 heteroatoms. The summed E-state index contributed by atoms with van der Waals surface area (Å²) in [7, 11) is 0. The third-order valence-corrected chi connectivity index (χ3v) is 4.96. The summed E-state index contributed by atoms with van der Waals surface area (Å²) < 4.78 is 7.58. The first kappa shape index (κ1) is 16.1. The van der Waals surface area contributed by atoms with Gasteiger partial charge < -0.3 is 15.4 Å². The van der Waals surface area contributed by atoms with Gasteiger partial charge in [-0.05, 0) is 19.4 Å². The summed E-state index contributed by atoms with van der Waals surface area (Å²) in [6, 6.07) is 7.88.